The van der Waals surface area contributed by atoms with Gasteiger partial charge >= 0.3 is 6.09 Å². The summed E-state index contributed by atoms with van der Waals surface area (Å²) in [5.74, 6) is 0. The molecule has 0 saturated carbocycles. The van der Waals surface area contributed by atoms with Gasteiger partial charge in [0.05, 0.1) is 11.6 Å². The Morgan fingerprint density at radius 3 is 2.61 bits per heavy atom. The van der Waals surface area contributed by atoms with E-state index < -0.39 is 6.09 Å². The van der Waals surface area contributed by atoms with Crippen LogP contribution < -0.4 is 10.6 Å². The number of rotatable bonds is 5. The van der Waals surface area contributed by atoms with Crippen molar-refractivity contribution in [3.8, 4) is 6.07 Å². The van der Waals surface area contributed by atoms with Gasteiger partial charge in [0.25, 0.3) is 0 Å². The van der Waals surface area contributed by atoms with Gasteiger partial charge in [-0.2, -0.15) is 5.26 Å². The van der Waals surface area contributed by atoms with Crippen LogP contribution in [0, 0.1) is 11.3 Å². The minimum Gasteiger partial charge on any atom is -0.448 e. The first-order valence-corrected chi connectivity index (χ1v) is 5.79. The second-order valence-corrected chi connectivity index (χ2v) is 4.06. The fourth-order valence-electron chi connectivity index (χ4n) is 1.27. The van der Waals surface area contributed by atoms with Gasteiger partial charge in [0.2, 0.25) is 0 Å². The van der Waals surface area contributed by atoms with Crippen molar-refractivity contribution in [1.82, 2.24) is 5.32 Å². The van der Waals surface area contributed by atoms with Crippen molar-refractivity contribution < 1.29 is 9.53 Å². The molecule has 0 spiro atoms. The first-order valence-electron chi connectivity index (χ1n) is 5.79. The van der Waals surface area contributed by atoms with Gasteiger partial charge in [-0.1, -0.05) is 13.8 Å². The molecule has 0 atom stereocenters. The van der Waals surface area contributed by atoms with E-state index in [9.17, 15) is 4.79 Å². The lowest BCUT2D eigenvalue weighted by Gasteiger charge is -2.09. The average Bonchev–Trinajstić information content (AvgIpc) is 2.35. The van der Waals surface area contributed by atoms with Gasteiger partial charge in [0.15, 0.2) is 0 Å². The maximum absolute atomic E-state index is 11.4. The Balaban J connectivity index is 2.29. The third-order valence-electron chi connectivity index (χ3n) is 2.15. The molecule has 0 aliphatic carbocycles. The summed E-state index contributed by atoms with van der Waals surface area (Å²) >= 11 is 0. The van der Waals surface area contributed by atoms with Crippen molar-refractivity contribution >= 4 is 11.8 Å². The maximum atomic E-state index is 11.4. The Hall–Kier alpha value is -2.06. The van der Waals surface area contributed by atoms with Crippen LogP contribution in [0.5, 0.6) is 0 Å². The number of hydrogen-bond acceptors (Lipinski definition) is 4. The van der Waals surface area contributed by atoms with Crippen LogP contribution in [0.4, 0.5) is 10.5 Å². The molecule has 0 unspecified atom stereocenters. The molecule has 0 fully saturated rings. The van der Waals surface area contributed by atoms with E-state index in [1.165, 1.54) is 0 Å². The predicted octanol–water partition coefficient (Wildman–Crippen LogP) is 2.10. The molecule has 1 rings (SSSR count). The quantitative estimate of drug-likeness (QED) is 0.781. The number of carbonyl (C=O) groups excluding carboxylic acids is 1. The van der Waals surface area contributed by atoms with Gasteiger partial charge < -0.3 is 10.1 Å². The van der Waals surface area contributed by atoms with Crippen molar-refractivity contribution in [2.75, 3.05) is 18.5 Å². The standard InChI is InChI=1S/C13H17N3O2/c1-10(2)15-7-8-18-13(17)16-12-5-3-11(9-14)4-6-12/h3-6,10,15H,7-8H2,1-2H3,(H,16,17). The van der Waals surface area contributed by atoms with Crippen LogP contribution in [-0.2, 0) is 4.74 Å². The molecule has 0 aromatic heterocycles. The summed E-state index contributed by atoms with van der Waals surface area (Å²) in [6.45, 7) is 4.99. The van der Waals surface area contributed by atoms with Crippen molar-refractivity contribution in [3.63, 3.8) is 0 Å². The third kappa shape index (κ3) is 5.32. The topological polar surface area (TPSA) is 74.2 Å². The van der Waals surface area contributed by atoms with Crippen molar-refractivity contribution in [3.05, 3.63) is 29.8 Å². The molecule has 5 heteroatoms. The lowest BCUT2D eigenvalue weighted by molar-refractivity contribution is 0.161. The van der Waals surface area contributed by atoms with E-state index in [0.29, 0.717) is 30.4 Å². The van der Waals surface area contributed by atoms with Crippen molar-refractivity contribution in [1.29, 1.82) is 5.26 Å². The zero-order valence-corrected chi connectivity index (χ0v) is 10.6. The molecule has 0 bridgehead atoms. The molecule has 96 valence electrons. The van der Waals surface area contributed by atoms with Crippen LogP contribution in [0.25, 0.3) is 0 Å². The number of nitrogens with zero attached hydrogens (tertiary/aromatic N) is 1. The molecule has 1 aromatic carbocycles. The van der Waals surface area contributed by atoms with Crippen molar-refractivity contribution in [2.24, 2.45) is 0 Å². The van der Waals surface area contributed by atoms with Gasteiger partial charge in [-0.3, -0.25) is 5.32 Å². The van der Waals surface area contributed by atoms with Crippen LogP contribution in [0.2, 0.25) is 0 Å². The summed E-state index contributed by atoms with van der Waals surface area (Å²) in [7, 11) is 0. The molecular formula is C13H17N3O2. The normalized spacial score (nSPS) is 9.89. The fraction of sp³-hybridized carbons (Fsp3) is 0.385. The highest BCUT2D eigenvalue weighted by molar-refractivity contribution is 5.84. The van der Waals surface area contributed by atoms with E-state index in [1.54, 1.807) is 24.3 Å². The Morgan fingerprint density at radius 2 is 2.06 bits per heavy atom. The first-order chi connectivity index (χ1) is 8.61. The molecule has 0 radical (unpaired) electrons. The summed E-state index contributed by atoms with van der Waals surface area (Å²) < 4.78 is 4.98. The first kappa shape index (κ1) is 14.0. The van der Waals surface area contributed by atoms with Crippen LogP contribution in [-0.4, -0.2) is 25.3 Å². The predicted molar refractivity (Wildman–Crippen MR) is 69.3 cm³/mol. The summed E-state index contributed by atoms with van der Waals surface area (Å²) in [5, 5.41) is 14.4. The highest BCUT2D eigenvalue weighted by Gasteiger charge is 2.02. The maximum Gasteiger partial charge on any atom is 0.411 e. The molecule has 5 nitrogen and oxygen atoms in total. The highest BCUT2D eigenvalue weighted by Crippen LogP contribution is 2.08. The third-order valence-corrected chi connectivity index (χ3v) is 2.15. The van der Waals surface area contributed by atoms with Crippen molar-refractivity contribution in [2.45, 2.75) is 19.9 Å². The van der Waals surface area contributed by atoms with Gasteiger partial charge in [-0.05, 0) is 24.3 Å². The van der Waals surface area contributed by atoms with Gasteiger partial charge in [0, 0.05) is 18.3 Å². The number of carbonyl (C=O) groups is 1. The number of hydrogen-bond donors (Lipinski definition) is 2. The number of ether oxygens (including phenoxy) is 1. The van der Waals surface area contributed by atoms with E-state index in [1.807, 2.05) is 19.9 Å². The second-order valence-electron chi connectivity index (χ2n) is 4.06. The van der Waals surface area contributed by atoms with Gasteiger partial charge in [-0.15, -0.1) is 0 Å². The Bertz CT molecular complexity index is 421. The molecule has 1 aromatic rings. The van der Waals surface area contributed by atoms with Gasteiger partial charge in [-0.25, -0.2) is 4.79 Å². The Morgan fingerprint density at radius 1 is 1.39 bits per heavy atom. The lowest BCUT2D eigenvalue weighted by atomic mass is 10.2. The minimum absolute atomic E-state index is 0.320. The van der Waals surface area contributed by atoms with E-state index in [2.05, 4.69) is 10.6 Å². The molecule has 1 amide bonds. The Kier molecular flexibility index (Phi) is 5.68. The van der Waals surface area contributed by atoms with E-state index >= 15 is 0 Å². The second kappa shape index (κ2) is 7.30. The monoisotopic (exact) mass is 247 g/mol. The summed E-state index contributed by atoms with van der Waals surface area (Å²) in [4.78, 5) is 11.4. The minimum atomic E-state index is -0.495. The highest BCUT2D eigenvalue weighted by atomic mass is 16.5. The largest absolute Gasteiger partial charge is 0.448 e. The molecular weight excluding hydrogens is 230 g/mol. The van der Waals surface area contributed by atoms with Gasteiger partial charge in [0.1, 0.15) is 6.61 Å². The smallest absolute Gasteiger partial charge is 0.411 e. The molecule has 2 N–H and O–H groups in total. The SMILES string of the molecule is CC(C)NCCOC(=O)Nc1ccc(C#N)cc1. The number of nitrogens with one attached hydrogen (secondary N) is 2. The molecule has 0 heterocycles. The Labute approximate surface area is 107 Å². The summed E-state index contributed by atoms with van der Waals surface area (Å²) in [6, 6.07) is 8.97. The number of nitriles is 1. The number of benzene rings is 1. The lowest BCUT2D eigenvalue weighted by Crippen LogP contribution is -2.28. The molecule has 0 aliphatic rings. The van der Waals surface area contributed by atoms with E-state index in [4.69, 9.17) is 10.00 Å². The number of amides is 1. The van der Waals surface area contributed by atoms with Crippen LogP contribution in [0.15, 0.2) is 24.3 Å². The molecule has 0 aliphatic heterocycles. The number of anilines is 1. The van der Waals surface area contributed by atoms with Crippen LogP contribution >= 0.6 is 0 Å². The summed E-state index contributed by atoms with van der Waals surface area (Å²) in [6.07, 6.45) is -0.495. The average molecular weight is 247 g/mol. The summed E-state index contributed by atoms with van der Waals surface area (Å²) in [5.41, 5.74) is 1.16. The van der Waals surface area contributed by atoms with E-state index in [-0.39, 0.29) is 0 Å². The molecule has 18 heavy (non-hydrogen) atoms. The zero-order valence-electron chi connectivity index (χ0n) is 10.6. The fourth-order valence-corrected chi connectivity index (χ4v) is 1.27. The van der Waals surface area contributed by atoms with E-state index in [0.717, 1.165) is 0 Å². The van der Waals surface area contributed by atoms with Crippen LogP contribution in [0.3, 0.4) is 0 Å². The zero-order chi connectivity index (χ0) is 13.4. The molecule has 0 saturated heterocycles. The van der Waals surface area contributed by atoms with Crippen LogP contribution in [0.1, 0.15) is 19.4 Å².